The first-order valence-corrected chi connectivity index (χ1v) is 9.55. The van der Waals surface area contributed by atoms with Crippen LogP contribution in [-0.2, 0) is 16.1 Å². The molecule has 2 amide bonds. The van der Waals surface area contributed by atoms with Crippen molar-refractivity contribution in [1.29, 1.82) is 0 Å². The summed E-state index contributed by atoms with van der Waals surface area (Å²) in [7, 11) is 0. The maximum absolute atomic E-state index is 12.9. The van der Waals surface area contributed by atoms with Gasteiger partial charge in [0.05, 0.1) is 47.7 Å². The Morgan fingerprint density at radius 2 is 1.83 bits per heavy atom. The number of nitrogens with one attached hydrogen (secondary N) is 2. The number of amides is 2. The van der Waals surface area contributed by atoms with E-state index in [-0.39, 0.29) is 24.3 Å². The Hall–Kier alpha value is -3.94. The van der Waals surface area contributed by atoms with Crippen molar-refractivity contribution >= 4 is 22.9 Å². The molecular weight excluding hydrogens is 384 g/mol. The number of rotatable bonds is 5. The van der Waals surface area contributed by atoms with E-state index in [1.165, 1.54) is 10.9 Å². The molecule has 0 saturated carbocycles. The second-order valence-corrected chi connectivity index (χ2v) is 6.75. The van der Waals surface area contributed by atoms with E-state index in [1.807, 2.05) is 30.3 Å². The monoisotopic (exact) mass is 404 g/mol. The van der Waals surface area contributed by atoms with Gasteiger partial charge in [-0.1, -0.05) is 42.5 Å². The van der Waals surface area contributed by atoms with Crippen molar-refractivity contribution in [1.82, 2.24) is 20.2 Å². The zero-order chi connectivity index (χ0) is 21.1. The van der Waals surface area contributed by atoms with Crippen LogP contribution in [-0.4, -0.2) is 28.2 Å². The zero-order valence-corrected chi connectivity index (χ0v) is 16.3. The number of hydrogen-bond donors (Lipinski definition) is 2. The van der Waals surface area contributed by atoms with E-state index in [2.05, 4.69) is 15.6 Å². The molecule has 1 aliphatic rings. The minimum absolute atomic E-state index is 0.0262. The quantitative estimate of drug-likeness (QED) is 0.635. The van der Waals surface area contributed by atoms with Crippen LogP contribution < -0.4 is 16.2 Å². The highest BCUT2D eigenvalue weighted by atomic mass is 16.5. The fourth-order valence-electron chi connectivity index (χ4n) is 3.48. The minimum Gasteiger partial charge on any atom is -0.463 e. The summed E-state index contributed by atoms with van der Waals surface area (Å²) in [4.78, 5) is 42.4. The highest BCUT2D eigenvalue weighted by molar-refractivity contribution is 5.95. The van der Waals surface area contributed by atoms with E-state index < -0.39 is 18.0 Å². The van der Waals surface area contributed by atoms with Gasteiger partial charge in [0.25, 0.3) is 5.56 Å². The number of ether oxygens (including phenoxy) is 1. The summed E-state index contributed by atoms with van der Waals surface area (Å²) in [5, 5.41) is 5.90. The van der Waals surface area contributed by atoms with Crippen LogP contribution in [0.1, 0.15) is 18.5 Å². The van der Waals surface area contributed by atoms with E-state index in [0.29, 0.717) is 16.6 Å². The highest BCUT2D eigenvalue weighted by Gasteiger charge is 2.33. The number of urea groups is 1. The van der Waals surface area contributed by atoms with Crippen LogP contribution in [0.15, 0.2) is 77.0 Å². The van der Waals surface area contributed by atoms with Crippen LogP contribution in [0.3, 0.4) is 0 Å². The molecule has 2 aromatic carbocycles. The van der Waals surface area contributed by atoms with Gasteiger partial charge < -0.3 is 15.4 Å². The Morgan fingerprint density at radius 3 is 2.60 bits per heavy atom. The molecule has 0 bridgehead atoms. The molecule has 1 atom stereocenters. The number of carbonyl (C=O) groups excluding carboxylic acids is 2. The molecule has 30 heavy (non-hydrogen) atoms. The van der Waals surface area contributed by atoms with Gasteiger partial charge in [0.2, 0.25) is 0 Å². The fourth-order valence-corrected chi connectivity index (χ4v) is 3.48. The maximum atomic E-state index is 12.9. The molecule has 8 nitrogen and oxygen atoms in total. The molecule has 8 heteroatoms. The van der Waals surface area contributed by atoms with Gasteiger partial charge in [0, 0.05) is 0 Å². The molecule has 2 heterocycles. The van der Waals surface area contributed by atoms with Gasteiger partial charge in [0.15, 0.2) is 0 Å². The molecule has 0 aliphatic carbocycles. The lowest BCUT2D eigenvalue weighted by Crippen LogP contribution is -2.47. The first-order valence-electron chi connectivity index (χ1n) is 9.55. The van der Waals surface area contributed by atoms with Crippen molar-refractivity contribution in [2.45, 2.75) is 19.5 Å². The van der Waals surface area contributed by atoms with Crippen LogP contribution in [0.25, 0.3) is 10.9 Å². The molecular formula is C22H20N4O4. The van der Waals surface area contributed by atoms with E-state index in [0.717, 1.165) is 5.56 Å². The summed E-state index contributed by atoms with van der Waals surface area (Å²) in [6.45, 7) is 1.87. The van der Waals surface area contributed by atoms with Crippen molar-refractivity contribution in [3.05, 3.63) is 88.1 Å². The van der Waals surface area contributed by atoms with Crippen LogP contribution in [0, 0.1) is 0 Å². The van der Waals surface area contributed by atoms with E-state index in [1.54, 1.807) is 31.2 Å². The number of aromatic nitrogens is 2. The number of allylic oxidation sites excluding steroid dienone is 1. The van der Waals surface area contributed by atoms with Crippen molar-refractivity contribution < 1.29 is 14.3 Å². The zero-order valence-electron chi connectivity index (χ0n) is 16.3. The third-order valence-corrected chi connectivity index (χ3v) is 4.84. The normalized spacial score (nSPS) is 16.2. The molecule has 0 saturated heterocycles. The molecule has 0 fully saturated rings. The second kappa shape index (κ2) is 8.20. The Kier molecular flexibility index (Phi) is 5.30. The van der Waals surface area contributed by atoms with Gasteiger partial charge in [-0.25, -0.2) is 14.6 Å². The third-order valence-electron chi connectivity index (χ3n) is 4.84. The lowest BCUT2D eigenvalue weighted by atomic mass is 9.95. The van der Waals surface area contributed by atoms with Gasteiger partial charge in [-0.05, 0) is 24.6 Å². The standard InChI is InChI=1S/C22H20N4O4/c1-2-30-21(28)18-17(24-22(29)25-19(18)14-8-4-3-5-9-14)12-26-13-23-16-11-7-6-10-15(16)20(26)27/h3-11,13,19H,2,12H2,1H3,(H2,24,25,29)/t19-/m0/s1. The molecule has 1 aliphatic heterocycles. The van der Waals surface area contributed by atoms with Crippen molar-refractivity contribution in [3.63, 3.8) is 0 Å². The molecule has 1 aromatic heterocycles. The third kappa shape index (κ3) is 3.67. The van der Waals surface area contributed by atoms with Gasteiger partial charge in [-0.3, -0.25) is 9.36 Å². The predicted octanol–water partition coefficient (Wildman–Crippen LogP) is 2.27. The SMILES string of the molecule is CCOC(=O)C1=C(Cn2cnc3ccccc3c2=O)NC(=O)N[C@H]1c1ccccc1. The summed E-state index contributed by atoms with van der Waals surface area (Å²) in [6, 6.07) is 15.0. The maximum Gasteiger partial charge on any atom is 0.338 e. The largest absolute Gasteiger partial charge is 0.463 e. The Morgan fingerprint density at radius 1 is 1.10 bits per heavy atom. The van der Waals surface area contributed by atoms with Crippen LogP contribution in [0.2, 0.25) is 0 Å². The molecule has 4 rings (SSSR count). The number of benzene rings is 2. The molecule has 152 valence electrons. The number of hydrogen-bond acceptors (Lipinski definition) is 5. The summed E-state index contributed by atoms with van der Waals surface area (Å²) in [5.41, 5.74) is 1.60. The number of para-hydroxylation sites is 1. The van der Waals surface area contributed by atoms with Gasteiger partial charge in [0.1, 0.15) is 0 Å². The average molecular weight is 404 g/mol. The minimum atomic E-state index is -0.696. The van der Waals surface area contributed by atoms with E-state index in [9.17, 15) is 14.4 Å². The van der Waals surface area contributed by atoms with Crippen LogP contribution in [0.4, 0.5) is 4.79 Å². The molecule has 2 N–H and O–H groups in total. The Bertz CT molecular complexity index is 1200. The fraction of sp³-hybridized carbons (Fsp3) is 0.182. The van der Waals surface area contributed by atoms with Crippen LogP contribution >= 0.6 is 0 Å². The first-order chi connectivity index (χ1) is 14.6. The lowest BCUT2D eigenvalue weighted by molar-refractivity contribution is -0.139. The number of nitrogens with zero attached hydrogens (tertiary/aromatic N) is 2. The van der Waals surface area contributed by atoms with Crippen LogP contribution in [0.5, 0.6) is 0 Å². The number of esters is 1. The van der Waals surface area contributed by atoms with Crippen molar-refractivity contribution in [2.75, 3.05) is 6.61 Å². The van der Waals surface area contributed by atoms with Gasteiger partial charge in [-0.2, -0.15) is 0 Å². The summed E-state index contributed by atoms with van der Waals surface area (Å²) < 4.78 is 6.61. The number of fused-ring (bicyclic) bond motifs is 1. The average Bonchev–Trinajstić information content (AvgIpc) is 2.76. The van der Waals surface area contributed by atoms with E-state index in [4.69, 9.17) is 4.74 Å². The second-order valence-electron chi connectivity index (χ2n) is 6.75. The summed E-state index contributed by atoms with van der Waals surface area (Å²) >= 11 is 0. The Labute approximate surface area is 172 Å². The molecule has 0 radical (unpaired) electrons. The topological polar surface area (TPSA) is 102 Å². The highest BCUT2D eigenvalue weighted by Crippen LogP contribution is 2.28. The molecule has 3 aromatic rings. The van der Waals surface area contributed by atoms with Gasteiger partial charge in [-0.15, -0.1) is 0 Å². The molecule has 0 unspecified atom stereocenters. The summed E-state index contributed by atoms with van der Waals surface area (Å²) in [6.07, 6.45) is 1.41. The first kappa shape index (κ1) is 19.4. The predicted molar refractivity (Wildman–Crippen MR) is 111 cm³/mol. The summed E-state index contributed by atoms with van der Waals surface area (Å²) in [5.74, 6) is -0.560. The van der Waals surface area contributed by atoms with Crippen molar-refractivity contribution in [2.24, 2.45) is 0 Å². The number of carbonyl (C=O) groups is 2. The lowest BCUT2D eigenvalue weighted by Gasteiger charge is -2.29. The Balaban J connectivity index is 1.83. The van der Waals surface area contributed by atoms with E-state index >= 15 is 0 Å². The van der Waals surface area contributed by atoms with Crippen molar-refractivity contribution in [3.8, 4) is 0 Å². The molecule has 0 spiro atoms. The smallest absolute Gasteiger partial charge is 0.338 e. The van der Waals surface area contributed by atoms with Gasteiger partial charge >= 0.3 is 12.0 Å².